The van der Waals surface area contributed by atoms with Gasteiger partial charge in [0.1, 0.15) is 12.6 Å². The van der Waals surface area contributed by atoms with E-state index in [1.54, 1.807) is 0 Å². The fraction of sp³-hybridized carbons (Fsp3) is 0.556. The van der Waals surface area contributed by atoms with Gasteiger partial charge >= 0.3 is 6.09 Å². The fourth-order valence-electron chi connectivity index (χ4n) is 2.75. The number of nitrogens with zero attached hydrogens (tertiary/aromatic N) is 1. The topological polar surface area (TPSA) is 70.7 Å². The highest BCUT2D eigenvalue weighted by molar-refractivity contribution is 5.86. The van der Waals surface area contributed by atoms with E-state index in [2.05, 4.69) is 10.6 Å². The Hall–Kier alpha value is -2.08. The van der Waals surface area contributed by atoms with Crippen molar-refractivity contribution in [3.8, 4) is 0 Å². The van der Waals surface area contributed by atoms with Crippen LogP contribution in [0.4, 0.5) is 4.79 Å². The Bertz CT molecular complexity index is 548. The van der Waals surface area contributed by atoms with Gasteiger partial charge in [-0.15, -0.1) is 0 Å². The van der Waals surface area contributed by atoms with Crippen LogP contribution in [0.3, 0.4) is 0 Å². The minimum absolute atomic E-state index is 0.0103. The van der Waals surface area contributed by atoms with Crippen molar-refractivity contribution in [1.29, 1.82) is 0 Å². The van der Waals surface area contributed by atoms with E-state index in [1.165, 1.54) is 0 Å². The van der Waals surface area contributed by atoms with Crippen LogP contribution in [0.2, 0.25) is 0 Å². The van der Waals surface area contributed by atoms with Crippen molar-refractivity contribution in [2.45, 2.75) is 39.5 Å². The van der Waals surface area contributed by atoms with Crippen molar-refractivity contribution in [1.82, 2.24) is 15.5 Å². The number of ether oxygens (including phenoxy) is 1. The van der Waals surface area contributed by atoms with Crippen LogP contribution in [0, 0.1) is 5.92 Å². The van der Waals surface area contributed by atoms with Gasteiger partial charge in [0.05, 0.1) is 0 Å². The van der Waals surface area contributed by atoms with E-state index in [0.717, 1.165) is 18.7 Å². The summed E-state index contributed by atoms with van der Waals surface area (Å²) >= 11 is 0. The number of benzene rings is 1. The summed E-state index contributed by atoms with van der Waals surface area (Å²) in [5.41, 5.74) is 0.913. The molecule has 0 aromatic heterocycles. The third kappa shape index (κ3) is 4.96. The quantitative estimate of drug-likeness (QED) is 0.861. The molecule has 1 heterocycles. The summed E-state index contributed by atoms with van der Waals surface area (Å²) in [7, 11) is 0. The van der Waals surface area contributed by atoms with Crippen LogP contribution in [0.5, 0.6) is 0 Å². The molecule has 2 rings (SSSR count). The van der Waals surface area contributed by atoms with Gasteiger partial charge in [0.15, 0.2) is 0 Å². The lowest BCUT2D eigenvalue weighted by atomic mass is 10.0. The first-order valence-electron chi connectivity index (χ1n) is 8.47. The van der Waals surface area contributed by atoms with Gasteiger partial charge in [-0.25, -0.2) is 4.79 Å². The van der Waals surface area contributed by atoms with E-state index < -0.39 is 12.1 Å². The van der Waals surface area contributed by atoms with E-state index >= 15 is 0 Å². The molecule has 1 fully saturated rings. The molecule has 2 atom stereocenters. The lowest BCUT2D eigenvalue weighted by Crippen LogP contribution is -2.59. The summed E-state index contributed by atoms with van der Waals surface area (Å²) in [4.78, 5) is 26.7. The van der Waals surface area contributed by atoms with Crippen LogP contribution in [0.25, 0.3) is 0 Å². The largest absolute Gasteiger partial charge is 0.445 e. The van der Waals surface area contributed by atoms with E-state index in [9.17, 15) is 9.59 Å². The van der Waals surface area contributed by atoms with E-state index in [0.29, 0.717) is 6.54 Å². The van der Waals surface area contributed by atoms with Crippen LogP contribution < -0.4 is 10.6 Å². The number of hydrogen-bond donors (Lipinski definition) is 2. The molecule has 132 valence electrons. The molecule has 24 heavy (non-hydrogen) atoms. The molecular formula is C18H27N3O3. The minimum Gasteiger partial charge on any atom is -0.445 e. The smallest absolute Gasteiger partial charge is 0.408 e. The molecule has 0 radical (unpaired) electrons. The molecule has 1 aliphatic rings. The van der Waals surface area contributed by atoms with Crippen LogP contribution >= 0.6 is 0 Å². The molecule has 2 amide bonds. The van der Waals surface area contributed by atoms with Crippen LogP contribution in [0.1, 0.15) is 26.3 Å². The Kier molecular flexibility index (Phi) is 6.61. The third-order valence-corrected chi connectivity index (χ3v) is 4.20. The van der Waals surface area contributed by atoms with Crippen LogP contribution in [-0.4, -0.2) is 48.6 Å². The molecule has 2 N–H and O–H groups in total. The van der Waals surface area contributed by atoms with Crippen molar-refractivity contribution in [3.05, 3.63) is 35.9 Å². The van der Waals surface area contributed by atoms with Gasteiger partial charge in [0, 0.05) is 25.7 Å². The van der Waals surface area contributed by atoms with Crippen molar-refractivity contribution in [2.75, 3.05) is 19.6 Å². The SMILES string of the molecule is CC(C)[C@H](NC(=O)OCc1ccccc1)C(=O)N1CCNC[C@@H]1C. The molecule has 0 spiro atoms. The zero-order chi connectivity index (χ0) is 17.5. The molecule has 1 aliphatic heterocycles. The highest BCUT2D eigenvalue weighted by Gasteiger charge is 2.32. The highest BCUT2D eigenvalue weighted by Crippen LogP contribution is 2.11. The van der Waals surface area contributed by atoms with Crippen LogP contribution in [-0.2, 0) is 16.1 Å². The second-order valence-corrected chi connectivity index (χ2v) is 6.51. The molecule has 1 saturated heterocycles. The summed E-state index contributed by atoms with van der Waals surface area (Å²) in [6, 6.07) is 9.02. The number of carbonyl (C=O) groups excluding carboxylic acids is 2. The maximum Gasteiger partial charge on any atom is 0.408 e. The van der Waals surface area contributed by atoms with Crippen molar-refractivity contribution in [2.24, 2.45) is 5.92 Å². The summed E-state index contributed by atoms with van der Waals surface area (Å²) in [6.45, 7) is 8.25. The first-order chi connectivity index (χ1) is 11.5. The molecule has 1 aromatic rings. The number of amides is 2. The molecule has 6 nitrogen and oxygen atoms in total. The third-order valence-electron chi connectivity index (χ3n) is 4.20. The summed E-state index contributed by atoms with van der Waals surface area (Å²) in [6.07, 6.45) is -0.561. The Balaban J connectivity index is 1.92. The average molecular weight is 333 g/mol. The number of piperazine rings is 1. The van der Waals surface area contributed by atoms with E-state index in [1.807, 2.05) is 56.0 Å². The zero-order valence-corrected chi connectivity index (χ0v) is 14.6. The average Bonchev–Trinajstić information content (AvgIpc) is 2.58. The molecule has 6 heteroatoms. The Labute approximate surface area is 143 Å². The number of nitrogens with one attached hydrogen (secondary N) is 2. The standard InChI is InChI=1S/C18H27N3O3/c1-13(2)16(17(22)21-10-9-19-11-14(21)3)20-18(23)24-12-15-7-5-4-6-8-15/h4-8,13-14,16,19H,9-12H2,1-3H3,(H,20,23)/t14-,16-/m0/s1. The predicted octanol–water partition coefficient (Wildman–Crippen LogP) is 1.76. The zero-order valence-electron chi connectivity index (χ0n) is 14.6. The Morgan fingerprint density at radius 3 is 2.67 bits per heavy atom. The summed E-state index contributed by atoms with van der Waals surface area (Å²) in [5.74, 6) is -0.0560. The second kappa shape index (κ2) is 8.68. The lowest BCUT2D eigenvalue weighted by molar-refractivity contribution is -0.137. The van der Waals surface area contributed by atoms with Gasteiger partial charge in [0.2, 0.25) is 5.91 Å². The summed E-state index contributed by atoms with van der Waals surface area (Å²) < 4.78 is 5.24. The molecule has 0 bridgehead atoms. The summed E-state index contributed by atoms with van der Waals surface area (Å²) in [5, 5.41) is 5.99. The molecule has 0 unspecified atom stereocenters. The maximum absolute atomic E-state index is 12.8. The van der Waals surface area contributed by atoms with Gasteiger partial charge in [-0.05, 0) is 18.4 Å². The van der Waals surface area contributed by atoms with E-state index in [-0.39, 0.29) is 24.5 Å². The lowest BCUT2D eigenvalue weighted by Gasteiger charge is -2.37. The number of carbonyl (C=O) groups is 2. The molecule has 0 aliphatic carbocycles. The second-order valence-electron chi connectivity index (χ2n) is 6.51. The minimum atomic E-state index is -0.575. The monoisotopic (exact) mass is 333 g/mol. The highest BCUT2D eigenvalue weighted by atomic mass is 16.5. The molecule has 0 saturated carbocycles. The maximum atomic E-state index is 12.8. The number of alkyl carbamates (subject to hydrolysis) is 1. The molecular weight excluding hydrogens is 306 g/mol. The van der Waals surface area contributed by atoms with Gasteiger partial charge in [-0.1, -0.05) is 44.2 Å². The number of hydrogen-bond acceptors (Lipinski definition) is 4. The van der Waals surface area contributed by atoms with Gasteiger partial charge in [-0.3, -0.25) is 4.79 Å². The predicted molar refractivity (Wildman–Crippen MR) is 92.4 cm³/mol. The van der Waals surface area contributed by atoms with Gasteiger partial charge in [-0.2, -0.15) is 0 Å². The van der Waals surface area contributed by atoms with Crippen molar-refractivity contribution < 1.29 is 14.3 Å². The Morgan fingerprint density at radius 1 is 1.33 bits per heavy atom. The Morgan fingerprint density at radius 2 is 2.04 bits per heavy atom. The van der Waals surface area contributed by atoms with Crippen molar-refractivity contribution >= 4 is 12.0 Å². The molecule has 1 aromatic carbocycles. The first-order valence-corrected chi connectivity index (χ1v) is 8.47. The fourth-order valence-corrected chi connectivity index (χ4v) is 2.75. The normalized spacial score (nSPS) is 19.0. The van der Waals surface area contributed by atoms with Crippen molar-refractivity contribution in [3.63, 3.8) is 0 Å². The number of rotatable bonds is 5. The van der Waals surface area contributed by atoms with E-state index in [4.69, 9.17) is 4.74 Å². The van der Waals surface area contributed by atoms with Crippen LogP contribution in [0.15, 0.2) is 30.3 Å². The van der Waals surface area contributed by atoms with Gasteiger partial charge in [0.25, 0.3) is 0 Å². The first kappa shape index (κ1) is 18.3. The van der Waals surface area contributed by atoms with Gasteiger partial charge < -0.3 is 20.3 Å².